The van der Waals surface area contributed by atoms with Crippen LogP contribution < -0.4 is 4.90 Å². The fourth-order valence-corrected chi connectivity index (χ4v) is 4.19. The summed E-state index contributed by atoms with van der Waals surface area (Å²) in [6, 6.07) is 14.7. The lowest BCUT2D eigenvalue weighted by Gasteiger charge is -2.35. The van der Waals surface area contributed by atoms with Gasteiger partial charge in [-0.3, -0.25) is 4.90 Å². The number of hydrogen-bond acceptors (Lipinski definition) is 4. The minimum absolute atomic E-state index is 0.600. The maximum Gasteiger partial charge on any atom is 0.139 e. The molecule has 1 aliphatic heterocycles. The molecule has 0 bridgehead atoms. The van der Waals surface area contributed by atoms with Crippen LogP contribution >= 0.6 is 22.9 Å². The van der Waals surface area contributed by atoms with Crippen LogP contribution in [0.2, 0.25) is 5.15 Å². The van der Waals surface area contributed by atoms with E-state index >= 15 is 0 Å². The van der Waals surface area contributed by atoms with Crippen LogP contribution in [-0.2, 0) is 6.42 Å². The van der Waals surface area contributed by atoms with Crippen molar-refractivity contribution in [1.29, 1.82) is 0 Å². The van der Waals surface area contributed by atoms with Gasteiger partial charge >= 0.3 is 0 Å². The van der Waals surface area contributed by atoms with Crippen LogP contribution in [-0.4, -0.2) is 42.6 Å². The second-order valence-corrected chi connectivity index (χ2v) is 7.54. The highest BCUT2D eigenvalue weighted by Gasteiger charge is 2.19. The van der Waals surface area contributed by atoms with Crippen molar-refractivity contribution in [3.63, 3.8) is 0 Å². The number of thiophene rings is 1. The van der Waals surface area contributed by atoms with Gasteiger partial charge in [0, 0.05) is 43.0 Å². The lowest BCUT2D eigenvalue weighted by Crippen LogP contribution is -2.47. The largest absolute Gasteiger partial charge is 0.354 e. The molecule has 24 heavy (non-hydrogen) atoms. The van der Waals surface area contributed by atoms with Crippen LogP contribution in [0.25, 0.3) is 10.8 Å². The Morgan fingerprint density at radius 3 is 2.67 bits per heavy atom. The standard InChI is InChI=1S/C19H20ClN3S/c20-19-17-6-2-1-4-15(17)14-18(21-19)23-11-9-22(10-12-23)8-7-16-5-3-13-24-16/h1-6,13-14H,7-12H2. The summed E-state index contributed by atoms with van der Waals surface area (Å²) in [6.45, 7) is 5.31. The molecule has 0 N–H and O–H groups in total. The molecule has 2 aromatic heterocycles. The van der Waals surface area contributed by atoms with E-state index in [9.17, 15) is 0 Å². The zero-order chi connectivity index (χ0) is 16.4. The monoisotopic (exact) mass is 357 g/mol. The van der Waals surface area contributed by atoms with Crippen LogP contribution in [0.4, 0.5) is 5.82 Å². The molecule has 0 atom stereocenters. The highest BCUT2D eigenvalue weighted by atomic mass is 35.5. The number of benzene rings is 1. The molecule has 0 spiro atoms. The Bertz CT molecular complexity index is 811. The molecule has 4 rings (SSSR count). The van der Waals surface area contributed by atoms with Gasteiger partial charge < -0.3 is 4.90 Å². The van der Waals surface area contributed by atoms with E-state index in [1.54, 1.807) is 0 Å². The molecule has 3 aromatic rings. The van der Waals surface area contributed by atoms with Crippen LogP contribution in [0, 0.1) is 0 Å². The third-order valence-electron chi connectivity index (χ3n) is 4.63. The zero-order valence-corrected chi connectivity index (χ0v) is 15.1. The van der Waals surface area contributed by atoms with Gasteiger partial charge in [0.2, 0.25) is 0 Å². The number of nitrogens with zero attached hydrogens (tertiary/aromatic N) is 3. The number of halogens is 1. The number of piperazine rings is 1. The number of pyridine rings is 1. The van der Waals surface area contributed by atoms with Crippen LogP contribution in [0.5, 0.6) is 0 Å². The number of aromatic nitrogens is 1. The highest BCUT2D eigenvalue weighted by Crippen LogP contribution is 2.26. The van der Waals surface area contributed by atoms with Crippen molar-refractivity contribution in [2.45, 2.75) is 6.42 Å². The Kier molecular flexibility index (Phi) is 4.69. The van der Waals surface area contributed by atoms with Gasteiger partial charge in [-0.2, -0.15) is 0 Å². The Morgan fingerprint density at radius 1 is 1.04 bits per heavy atom. The maximum absolute atomic E-state index is 6.37. The van der Waals surface area contributed by atoms with E-state index in [2.05, 4.69) is 44.4 Å². The predicted octanol–water partition coefficient (Wildman–Crippen LogP) is 4.31. The van der Waals surface area contributed by atoms with E-state index in [0.717, 1.165) is 55.7 Å². The summed E-state index contributed by atoms with van der Waals surface area (Å²) < 4.78 is 0. The minimum Gasteiger partial charge on any atom is -0.354 e. The lowest BCUT2D eigenvalue weighted by molar-refractivity contribution is 0.261. The fourth-order valence-electron chi connectivity index (χ4n) is 3.23. The van der Waals surface area contributed by atoms with E-state index in [1.165, 1.54) is 4.88 Å². The summed E-state index contributed by atoms with van der Waals surface area (Å²) in [5.74, 6) is 0.997. The quantitative estimate of drug-likeness (QED) is 0.648. The molecule has 1 aromatic carbocycles. The Labute approximate surface area is 151 Å². The third-order valence-corrected chi connectivity index (χ3v) is 5.86. The molecule has 5 heteroatoms. The smallest absolute Gasteiger partial charge is 0.139 e. The molecule has 3 nitrogen and oxygen atoms in total. The van der Waals surface area contributed by atoms with Crippen molar-refractivity contribution in [3.8, 4) is 0 Å². The van der Waals surface area contributed by atoms with Gasteiger partial charge in [0.05, 0.1) is 0 Å². The maximum atomic E-state index is 6.37. The summed E-state index contributed by atoms with van der Waals surface area (Å²) in [6.07, 6.45) is 1.15. The molecular weight excluding hydrogens is 338 g/mol. The average molecular weight is 358 g/mol. The van der Waals surface area contributed by atoms with E-state index in [1.807, 2.05) is 29.5 Å². The molecule has 124 valence electrons. The first-order valence-electron chi connectivity index (χ1n) is 8.34. The van der Waals surface area contributed by atoms with Gasteiger partial charge in [0.15, 0.2) is 0 Å². The zero-order valence-electron chi connectivity index (χ0n) is 13.5. The molecule has 0 radical (unpaired) electrons. The first-order chi connectivity index (χ1) is 11.8. The summed E-state index contributed by atoms with van der Waals surface area (Å²) in [4.78, 5) is 11.0. The SMILES string of the molecule is Clc1nc(N2CCN(CCc3cccs3)CC2)cc2ccccc12. The third kappa shape index (κ3) is 3.41. The minimum atomic E-state index is 0.600. The van der Waals surface area contributed by atoms with Gasteiger partial charge in [0.1, 0.15) is 11.0 Å². The van der Waals surface area contributed by atoms with E-state index in [-0.39, 0.29) is 0 Å². The van der Waals surface area contributed by atoms with Gasteiger partial charge in [-0.1, -0.05) is 41.9 Å². The Hall–Kier alpha value is -1.62. The van der Waals surface area contributed by atoms with Crippen LogP contribution in [0.1, 0.15) is 4.88 Å². The predicted molar refractivity (Wildman–Crippen MR) is 103 cm³/mol. The molecule has 0 unspecified atom stereocenters. The molecule has 3 heterocycles. The Morgan fingerprint density at radius 2 is 1.88 bits per heavy atom. The molecule has 1 saturated heterocycles. The van der Waals surface area contributed by atoms with Gasteiger partial charge in [0.25, 0.3) is 0 Å². The van der Waals surface area contributed by atoms with E-state index in [0.29, 0.717) is 5.15 Å². The molecule has 0 aliphatic carbocycles. The molecule has 0 amide bonds. The normalized spacial score (nSPS) is 16.0. The van der Waals surface area contributed by atoms with Crippen molar-refractivity contribution in [2.75, 3.05) is 37.6 Å². The lowest BCUT2D eigenvalue weighted by atomic mass is 10.1. The second kappa shape index (κ2) is 7.09. The molecule has 0 saturated carbocycles. The summed E-state index contributed by atoms with van der Waals surface area (Å²) >= 11 is 8.22. The number of anilines is 1. The highest BCUT2D eigenvalue weighted by molar-refractivity contribution is 7.09. The number of rotatable bonds is 4. The fraction of sp³-hybridized carbons (Fsp3) is 0.316. The first-order valence-corrected chi connectivity index (χ1v) is 9.60. The molecular formula is C19H20ClN3S. The number of fused-ring (bicyclic) bond motifs is 1. The summed E-state index contributed by atoms with van der Waals surface area (Å²) in [5, 5.41) is 4.94. The van der Waals surface area contributed by atoms with Gasteiger partial charge in [-0.05, 0) is 29.3 Å². The topological polar surface area (TPSA) is 19.4 Å². The molecule has 1 fully saturated rings. The van der Waals surface area contributed by atoms with Crippen LogP contribution in [0.3, 0.4) is 0 Å². The van der Waals surface area contributed by atoms with Crippen LogP contribution in [0.15, 0.2) is 47.8 Å². The second-order valence-electron chi connectivity index (χ2n) is 6.15. The van der Waals surface area contributed by atoms with Crippen molar-refractivity contribution in [2.24, 2.45) is 0 Å². The number of hydrogen-bond donors (Lipinski definition) is 0. The van der Waals surface area contributed by atoms with Crippen molar-refractivity contribution in [1.82, 2.24) is 9.88 Å². The summed E-state index contributed by atoms with van der Waals surface area (Å²) in [7, 11) is 0. The van der Waals surface area contributed by atoms with E-state index < -0.39 is 0 Å². The Balaban J connectivity index is 1.40. The van der Waals surface area contributed by atoms with Gasteiger partial charge in [-0.15, -0.1) is 11.3 Å². The van der Waals surface area contributed by atoms with Crippen molar-refractivity contribution < 1.29 is 0 Å². The van der Waals surface area contributed by atoms with E-state index in [4.69, 9.17) is 11.6 Å². The average Bonchev–Trinajstić information content (AvgIpc) is 3.14. The molecule has 1 aliphatic rings. The van der Waals surface area contributed by atoms with Gasteiger partial charge in [-0.25, -0.2) is 4.98 Å². The first kappa shape index (κ1) is 15.9. The summed E-state index contributed by atoms with van der Waals surface area (Å²) in [5.41, 5.74) is 0. The van der Waals surface area contributed by atoms with Crippen molar-refractivity contribution >= 4 is 39.5 Å². The van der Waals surface area contributed by atoms with Crippen molar-refractivity contribution in [3.05, 3.63) is 57.9 Å².